The normalized spacial score (nSPS) is 10.7. The number of benzene rings is 1. The number of rotatable bonds is 7. The molecule has 2 N–H and O–H groups in total. The van der Waals surface area contributed by atoms with Gasteiger partial charge in [-0.15, -0.1) is 11.8 Å². The third-order valence-electron chi connectivity index (χ3n) is 3.86. The molecule has 1 aromatic carbocycles. The summed E-state index contributed by atoms with van der Waals surface area (Å²) in [6.07, 6.45) is 1.79. The Bertz CT molecular complexity index is 849. The quantitative estimate of drug-likeness (QED) is 0.306. The molecule has 5 nitrogen and oxygen atoms in total. The van der Waals surface area contributed by atoms with Crippen molar-refractivity contribution in [3.8, 4) is 0 Å². The van der Waals surface area contributed by atoms with Gasteiger partial charge in [-0.1, -0.05) is 32.4 Å². The van der Waals surface area contributed by atoms with Gasteiger partial charge in [0.2, 0.25) is 0 Å². The smallest absolute Gasteiger partial charge is 0.404 e. The molecule has 11 heteroatoms. The zero-order chi connectivity index (χ0) is 23.0. The number of hydrogen-bond acceptors (Lipinski definition) is 3. The molecule has 0 fully saturated rings. The van der Waals surface area contributed by atoms with E-state index in [-0.39, 0.29) is 5.92 Å². The molecule has 1 amide bonds. The second-order valence-corrected chi connectivity index (χ2v) is 8.22. The summed E-state index contributed by atoms with van der Waals surface area (Å²) in [5, 5.41) is 14.9. The van der Waals surface area contributed by atoms with Crippen LogP contribution in [0.1, 0.15) is 38.4 Å². The van der Waals surface area contributed by atoms with Crippen molar-refractivity contribution in [3.05, 3.63) is 45.7 Å². The molecule has 0 saturated heterocycles. The lowest BCUT2D eigenvalue weighted by Gasteiger charge is -2.12. The number of nitrogens with zero attached hydrogens (tertiary/aromatic N) is 2. The van der Waals surface area contributed by atoms with Gasteiger partial charge < -0.3 is 10.4 Å². The van der Waals surface area contributed by atoms with E-state index in [1.54, 1.807) is 16.2 Å². The monoisotopic (exact) mass is 469 g/mol. The molecule has 0 spiro atoms. The molecule has 0 saturated carbocycles. The Kier molecular flexibility index (Phi) is 10.5. The van der Waals surface area contributed by atoms with Crippen LogP contribution in [-0.4, -0.2) is 26.7 Å². The molecule has 0 aliphatic heterocycles. The molecule has 0 aliphatic carbocycles. The molecular formula is C19H24ClF4N3O2S. The minimum Gasteiger partial charge on any atom is -0.465 e. The van der Waals surface area contributed by atoms with Gasteiger partial charge >= 0.3 is 6.09 Å². The van der Waals surface area contributed by atoms with Crippen molar-refractivity contribution in [2.24, 2.45) is 13.0 Å². The maximum atomic E-state index is 13.8. The summed E-state index contributed by atoms with van der Waals surface area (Å²) < 4.78 is 56.7. The molecule has 0 aliphatic rings. The standard InChI is InChI=1S/C13H15F4NO2S.C6H9ClN2/c1-6(2)3-4-21-12-10(16)8(14)7(5-18-13(19)20)9(15)11(12)17;1-3-6-5(7)4-9(2)8-6/h6,18H,3-5H2,1-2H3,(H,19,20);4H,3H2,1-2H3. The first-order chi connectivity index (χ1) is 14.0. The summed E-state index contributed by atoms with van der Waals surface area (Å²) in [5.41, 5.74) is -0.000207. The van der Waals surface area contributed by atoms with E-state index in [0.29, 0.717) is 23.9 Å². The van der Waals surface area contributed by atoms with Gasteiger partial charge in [0.1, 0.15) is 0 Å². The fraction of sp³-hybridized carbons (Fsp3) is 0.474. The van der Waals surface area contributed by atoms with Gasteiger partial charge in [0.05, 0.1) is 22.2 Å². The molecule has 0 radical (unpaired) electrons. The van der Waals surface area contributed by atoms with Crippen LogP contribution < -0.4 is 5.32 Å². The third-order valence-corrected chi connectivity index (χ3v) is 5.26. The number of amides is 1. The molecule has 0 bridgehead atoms. The number of carbonyl (C=O) groups is 1. The van der Waals surface area contributed by atoms with E-state index >= 15 is 0 Å². The van der Waals surface area contributed by atoms with Crippen LogP contribution >= 0.6 is 23.4 Å². The zero-order valence-electron chi connectivity index (χ0n) is 17.0. The summed E-state index contributed by atoms with van der Waals surface area (Å²) >= 11 is 6.46. The molecule has 2 aromatic rings. The van der Waals surface area contributed by atoms with Crippen LogP contribution in [0.25, 0.3) is 0 Å². The van der Waals surface area contributed by atoms with Gasteiger partial charge in [-0.2, -0.15) is 5.10 Å². The van der Waals surface area contributed by atoms with Gasteiger partial charge in [-0.3, -0.25) is 4.68 Å². The van der Waals surface area contributed by atoms with Crippen LogP contribution in [-0.2, 0) is 20.0 Å². The second kappa shape index (κ2) is 12.0. The van der Waals surface area contributed by atoms with Gasteiger partial charge in [-0.25, -0.2) is 22.4 Å². The summed E-state index contributed by atoms with van der Waals surface area (Å²) in [7, 11) is 1.87. The summed E-state index contributed by atoms with van der Waals surface area (Å²) in [6, 6.07) is 0. The Morgan fingerprint density at radius 3 is 2.17 bits per heavy atom. The van der Waals surface area contributed by atoms with Crippen LogP contribution in [0.15, 0.2) is 11.1 Å². The minimum atomic E-state index is -1.57. The molecule has 168 valence electrons. The van der Waals surface area contributed by atoms with Crippen LogP contribution in [0.3, 0.4) is 0 Å². The number of halogens is 5. The topological polar surface area (TPSA) is 67.2 Å². The van der Waals surface area contributed by atoms with E-state index in [1.807, 2.05) is 27.8 Å². The average molecular weight is 470 g/mol. The van der Waals surface area contributed by atoms with Crippen LogP contribution in [0, 0.1) is 29.2 Å². The lowest BCUT2D eigenvalue weighted by atomic mass is 10.1. The molecule has 1 heterocycles. The third kappa shape index (κ3) is 7.39. The van der Waals surface area contributed by atoms with E-state index < -0.39 is 46.4 Å². The lowest BCUT2D eigenvalue weighted by Crippen LogP contribution is -2.22. The number of hydrogen-bond donors (Lipinski definition) is 2. The molecule has 0 unspecified atom stereocenters. The minimum absolute atomic E-state index is 0.289. The summed E-state index contributed by atoms with van der Waals surface area (Å²) in [5.74, 6) is -5.53. The highest BCUT2D eigenvalue weighted by Gasteiger charge is 2.25. The number of nitrogens with one attached hydrogen (secondary N) is 1. The second-order valence-electron chi connectivity index (χ2n) is 6.70. The Morgan fingerprint density at radius 2 is 1.80 bits per heavy atom. The SMILES string of the molecule is CC(C)CCSc1c(F)c(F)c(CNC(=O)O)c(F)c1F.CCc1nn(C)cc1Cl. The number of thioether (sulfide) groups is 1. The molecule has 0 atom stereocenters. The number of aromatic nitrogens is 2. The van der Waals surface area contributed by atoms with Crippen molar-refractivity contribution in [2.75, 3.05) is 5.75 Å². The molecule has 2 rings (SSSR count). The first-order valence-electron chi connectivity index (χ1n) is 9.11. The first-order valence-corrected chi connectivity index (χ1v) is 10.5. The van der Waals surface area contributed by atoms with Crippen molar-refractivity contribution in [1.29, 1.82) is 0 Å². The largest absolute Gasteiger partial charge is 0.465 e. The maximum absolute atomic E-state index is 13.8. The van der Waals surface area contributed by atoms with Crippen LogP contribution in [0.4, 0.5) is 22.4 Å². The zero-order valence-corrected chi connectivity index (χ0v) is 18.6. The predicted molar refractivity (Wildman–Crippen MR) is 109 cm³/mol. The first kappa shape index (κ1) is 26.1. The molecule has 30 heavy (non-hydrogen) atoms. The van der Waals surface area contributed by atoms with E-state index in [2.05, 4.69) is 5.10 Å². The Morgan fingerprint density at radius 1 is 1.23 bits per heavy atom. The van der Waals surface area contributed by atoms with Crippen LogP contribution in [0.5, 0.6) is 0 Å². The van der Waals surface area contributed by atoms with Crippen LogP contribution in [0.2, 0.25) is 5.02 Å². The molecule has 1 aromatic heterocycles. The van der Waals surface area contributed by atoms with Crippen molar-refractivity contribution in [3.63, 3.8) is 0 Å². The van der Waals surface area contributed by atoms with E-state index in [1.165, 1.54) is 0 Å². The van der Waals surface area contributed by atoms with Gasteiger partial charge in [0.15, 0.2) is 23.3 Å². The van der Waals surface area contributed by atoms with E-state index in [0.717, 1.165) is 17.1 Å². The summed E-state index contributed by atoms with van der Waals surface area (Å²) in [4.78, 5) is 9.57. The lowest BCUT2D eigenvalue weighted by molar-refractivity contribution is 0.193. The fourth-order valence-corrected chi connectivity index (χ4v) is 3.78. The van der Waals surface area contributed by atoms with Crippen molar-refractivity contribution in [2.45, 2.75) is 45.1 Å². The van der Waals surface area contributed by atoms with E-state index in [9.17, 15) is 22.4 Å². The van der Waals surface area contributed by atoms with Gasteiger partial charge in [-0.05, 0) is 24.5 Å². The molecular weight excluding hydrogens is 446 g/mol. The highest BCUT2D eigenvalue weighted by atomic mass is 35.5. The van der Waals surface area contributed by atoms with Crippen molar-refractivity contribution < 1.29 is 27.5 Å². The Balaban J connectivity index is 0.000000414. The summed E-state index contributed by atoms with van der Waals surface area (Å²) in [6.45, 7) is 5.01. The fourth-order valence-electron chi connectivity index (χ4n) is 2.24. The Labute approximate surface area is 181 Å². The van der Waals surface area contributed by atoms with E-state index in [4.69, 9.17) is 16.7 Å². The van der Waals surface area contributed by atoms with Gasteiger partial charge in [0.25, 0.3) is 0 Å². The highest BCUT2D eigenvalue weighted by Crippen LogP contribution is 2.32. The predicted octanol–water partition coefficient (Wildman–Crippen LogP) is 5.78. The van der Waals surface area contributed by atoms with Gasteiger partial charge in [0, 0.05) is 18.8 Å². The number of carboxylic acid groups (broad SMARTS) is 1. The Hall–Kier alpha value is -1.94. The number of aryl methyl sites for hydroxylation is 2. The van der Waals surface area contributed by atoms with Crippen molar-refractivity contribution in [1.82, 2.24) is 15.1 Å². The van der Waals surface area contributed by atoms with Crippen molar-refractivity contribution >= 4 is 29.5 Å². The average Bonchev–Trinajstić information content (AvgIpc) is 3.00. The highest BCUT2D eigenvalue weighted by molar-refractivity contribution is 7.99. The maximum Gasteiger partial charge on any atom is 0.404 e.